The lowest BCUT2D eigenvalue weighted by Crippen LogP contribution is -2.42. The second kappa shape index (κ2) is 7.64. The van der Waals surface area contributed by atoms with Gasteiger partial charge in [0.05, 0.1) is 6.54 Å². The minimum Gasteiger partial charge on any atom is -0.370 e. The number of rotatable bonds is 6. The Morgan fingerprint density at radius 1 is 1.65 bits per heavy atom. The summed E-state index contributed by atoms with van der Waals surface area (Å²) in [5.41, 5.74) is 5.96. The molecule has 5 heteroatoms. The third kappa shape index (κ3) is 4.21. The maximum absolute atomic E-state index is 5.96. The zero-order chi connectivity index (χ0) is 14.4. The molecule has 2 heterocycles. The average molecular weight is 294 g/mol. The molecule has 0 bridgehead atoms. The van der Waals surface area contributed by atoms with Gasteiger partial charge in [0.25, 0.3) is 0 Å². The summed E-state index contributed by atoms with van der Waals surface area (Å²) >= 11 is 1.78. The molecule has 1 aliphatic heterocycles. The lowest BCUT2D eigenvalue weighted by molar-refractivity contribution is 0.267. The normalized spacial score (nSPS) is 22.1. The van der Waals surface area contributed by atoms with Crippen LogP contribution in [0.4, 0.5) is 0 Å². The number of hydrogen-bond donors (Lipinski definition) is 2. The van der Waals surface area contributed by atoms with Gasteiger partial charge < -0.3 is 11.1 Å². The summed E-state index contributed by atoms with van der Waals surface area (Å²) in [7, 11) is 0. The van der Waals surface area contributed by atoms with Gasteiger partial charge >= 0.3 is 0 Å². The quantitative estimate of drug-likeness (QED) is 0.625. The number of nitrogens with one attached hydrogen (secondary N) is 1. The van der Waals surface area contributed by atoms with E-state index in [9.17, 15) is 0 Å². The molecule has 112 valence electrons. The molecular weight excluding hydrogens is 268 g/mol. The number of guanidine groups is 1. The van der Waals surface area contributed by atoms with Gasteiger partial charge in [-0.15, -0.1) is 11.3 Å². The van der Waals surface area contributed by atoms with Crippen LogP contribution in [0, 0.1) is 0 Å². The molecule has 0 amide bonds. The number of likely N-dealkylation sites (N-methyl/N-ethyl adjacent to an activating group) is 1. The molecule has 1 aromatic heterocycles. The van der Waals surface area contributed by atoms with Gasteiger partial charge in [-0.25, -0.2) is 0 Å². The zero-order valence-electron chi connectivity index (χ0n) is 12.5. The van der Waals surface area contributed by atoms with E-state index in [-0.39, 0.29) is 0 Å². The molecule has 1 aliphatic rings. The van der Waals surface area contributed by atoms with Crippen molar-refractivity contribution < 1.29 is 0 Å². The van der Waals surface area contributed by atoms with Gasteiger partial charge in [-0.1, -0.05) is 19.9 Å². The van der Waals surface area contributed by atoms with Crippen LogP contribution in [0.3, 0.4) is 0 Å². The number of hydrogen-bond acceptors (Lipinski definition) is 3. The van der Waals surface area contributed by atoms with E-state index in [1.807, 2.05) is 0 Å². The Balaban J connectivity index is 1.74. The third-order valence-corrected chi connectivity index (χ3v) is 5.09. The molecule has 2 rings (SSSR count). The van der Waals surface area contributed by atoms with E-state index in [2.05, 4.69) is 46.6 Å². The van der Waals surface area contributed by atoms with Gasteiger partial charge in [0, 0.05) is 23.4 Å². The van der Waals surface area contributed by atoms with E-state index in [1.165, 1.54) is 24.3 Å². The summed E-state index contributed by atoms with van der Waals surface area (Å²) in [6.45, 7) is 8.42. The van der Waals surface area contributed by atoms with Crippen LogP contribution in [-0.4, -0.2) is 43.1 Å². The molecule has 1 fully saturated rings. The lowest BCUT2D eigenvalue weighted by Gasteiger charge is -2.23. The molecule has 20 heavy (non-hydrogen) atoms. The Bertz CT molecular complexity index is 416. The predicted octanol–water partition coefficient (Wildman–Crippen LogP) is 2.24. The number of aliphatic imine (C=N–C) groups is 1. The fraction of sp³-hybridized carbons (Fsp3) is 0.667. The first-order valence-corrected chi connectivity index (χ1v) is 8.40. The highest BCUT2D eigenvalue weighted by Gasteiger charge is 2.22. The fourth-order valence-electron chi connectivity index (χ4n) is 2.72. The van der Waals surface area contributed by atoms with E-state index in [4.69, 9.17) is 5.73 Å². The van der Waals surface area contributed by atoms with Crippen molar-refractivity contribution in [2.75, 3.05) is 26.2 Å². The highest BCUT2D eigenvalue weighted by atomic mass is 32.1. The van der Waals surface area contributed by atoms with Crippen molar-refractivity contribution in [2.24, 2.45) is 10.7 Å². The minimum atomic E-state index is 0.439. The Morgan fingerprint density at radius 3 is 3.20 bits per heavy atom. The second-order valence-corrected chi connectivity index (χ2v) is 6.43. The SMILES string of the molecule is CCN1CCCC1CNC(N)=NCC(C)c1cccs1. The van der Waals surface area contributed by atoms with Crippen LogP contribution < -0.4 is 11.1 Å². The first kappa shape index (κ1) is 15.3. The topological polar surface area (TPSA) is 53.6 Å². The van der Waals surface area contributed by atoms with Crippen LogP contribution in [0.5, 0.6) is 0 Å². The van der Waals surface area contributed by atoms with Crippen molar-refractivity contribution in [3.63, 3.8) is 0 Å². The highest BCUT2D eigenvalue weighted by Crippen LogP contribution is 2.20. The van der Waals surface area contributed by atoms with Crippen LogP contribution >= 0.6 is 11.3 Å². The smallest absolute Gasteiger partial charge is 0.188 e. The summed E-state index contributed by atoms with van der Waals surface area (Å²) in [5.74, 6) is 1.02. The molecule has 2 unspecified atom stereocenters. The molecule has 0 radical (unpaired) electrons. The van der Waals surface area contributed by atoms with Gasteiger partial charge in [0.2, 0.25) is 0 Å². The number of likely N-dealkylation sites (tertiary alicyclic amines) is 1. The Morgan fingerprint density at radius 2 is 2.50 bits per heavy atom. The molecule has 0 aliphatic carbocycles. The number of thiophene rings is 1. The summed E-state index contributed by atoms with van der Waals surface area (Å²) in [6.07, 6.45) is 2.56. The van der Waals surface area contributed by atoms with Gasteiger partial charge in [-0.3, -0.25) is 9.89 Å². The van der Waals surface area contributed by atoms with Gasteiger partial charge in [-0.05, 0) is 37.4 Å². The van der Waals surface area contributed by atoms with Crippen LogP contribution in [0.2, 0.25) is 0 Å². The summed E-state index contributed by atoms with van der Waals surface area (Å²) in [4.78, 5) is 8.34. The van der Waals surface area contributed by atoms with Crippen molar-refractivity contribution in [3.8, 4) is 0 Å². The molecule has 2 atom stereocenters. The molecule has 0 saturated carbocycles. The highest BCUT2D eigenvalue weighted by molar-refractivity contribution is 7.10. The Labute approximate surface area is 126 Å². The van der Waals surface area contributed by atoms with Crippen LogP contribution in [0.15, 0.2) is 22.5 Å². The molecule has 1 aromatic rings. The summed E-state index contributed by atoms with van der Waals surface area (Å²) < 4.78 is 0. The number of nitrogens with zero attached hydrogens (tertiary/aromatic N) is 2. The minimum absolute atomic E-state index is 0.439. The summed E-state index contributed by atoms with van der Waals surface area (Å²) in [6, 6.07) is 4.86. The molecule has 0 spiro atoms. The monoisotopic (exact) mass is 294 g/mol. The Hall–Kier alpha value is -1.07. The summed E-state index contributed by atoms with van der Waals surface area (Å²) in [5, 5.41) is 5.39. The van der Waals surface area contributed by atoms with E-state index < -0.39 is 0 Å². The van der Waals surface area contributed by atoms with Crippen molar-refractivity contribution in [2.45, 2.75) is 38.6 Å². The molecule has 4 nitrogen and oxygen atoms in total. The second-order valence-electron chi connectivity index (χ2n) is 5.45. The zero-order valence-corrected chi connectivity index (χ0v) is 13.3. The fourth-order valence-corrected chi connectivity index (χ4v) is 3.50. The Kier molecular flexibility index (Phi) is 5.86. The van der Waals surface area contributed by atoms with Crippen LogP contribution in [-0.2, 0) is 0 Å². The van der Waals surface area contributed by atoms with Crippen molar-refractivity contribution in [1.82, 2.24) is 10.2 Å². The molecular formula is C15H26N4S. The largest absolute Gasteiger partial charge is 0.370 e. The maximum Gasteiger partial charge on any atom is 0.188 e. The van der Waals surface area contributed by atoms with Gasteiger partial charge in [-0.2, -0.15) is 0 Å². The van der Waals surface area contributed by atoms with E-state index >= 15 is 0 Å². The van der Waals surface area contributed by atoms with Gasteiger partial charge in [0.1, 0.15) is 0 Å². The maximum atomic E-state index is 5.96. The van der Waals surface area contributed by atoms with Crippen LogP contribution in [0.1, 0.15) is 37.5 Å². The average Bonchev–Trinajstić information content (AvgIpc) is 3.12. The standard InChI is InChI=1S/C15H26N4S/c1-3-19-8-4-6-13(19)11-18-15(16)17-10-12(2)14-7-5-9-20-14/h5,7,9,12-13H,3-4,6,8,10-11H2,1-2H3,(H3,16,17,18). The van der Waals surface area contributed by atoms with Crippen LogP contribution in [0.25, 0.3) is 0 Å². The molecule has 1 saturated heterocycles. The molecule has 0 aromatic carbocycles. The van der Waals surface area contributed by atoms with Crippen molar-refractivity contribution >= 4 is 17.3 Å². The number of nitrogens with two attached hydrogens (primary N) is 1. The predicted molar refractivity (Wildman–Crippen MR) is 87.5 cm³/mol. The lowest BCUT2D eigenvalue weighted by atomic mass is 10.1. The van der Waals surface area contributed by atoms with E-state index in [1.54, 1.807) is 11.3 Å². The van der Waals surface area contributed by atoms with E-state index in [0.29, 0.717) is 17.9 Å². The first-order valence-electron chi connectivity index (χ1n) is 7.52. The van der Waals surface area contributed by atoms with E-state index in [0.717, 1.165) is 19.6 Å². The first-order chi connectivity index (χ1) is 9.70. The van der Waals surface area contributed by atoms with Crippen molar-refractivity contribution in [1.29, 1.82) is 0 Å². The third-order valence-electron chi connectivity index (χ3n) is 3.99. The van der Waals surface area contributed by atoms with Crippen molar-refractivity contribution in [3.05, 3.63) is 22.4 Å². The van der Waals surface area contributed by atoms with Gasteiger partial charge in [0.15, 0.2) is 5.96 Å². The molecule has 3 N–H and O–H groups in total.